The van der Waals surface area contributed by atoms with Crippen molar-refractivity contribution in [3.05, 3.63) is 0 Å². The van der Waals surface area contributed by atoms with Gasteiger partial charge in [0.1, 0.15) is 0 Å². The predicted molar refractivity (Wildman–Crippen MR) is 115 cm³/mol. The smallest absolute Gasteiger partial charge is 0.0701 e. The van der Waals surface area contributed by atoms with Crippen molar-refractivity contribution in [2.24, 2.45) is 0 Å². The van der Waals surface area contributed by atoms with Crippen LogP contribution in [0.2, 0.25) is 0 Å². The summed E-state index contributed by atoms with van der Waals surface area (Å²) < 4.78 is 20.6. The highest BCUT2D eigenvalue weighted by molar-refractivity contribution is 4.44. The van der Waals surface area contributed by atoms with E-state index in [0.717, 1.165) is 13.2 Å². The van der Waals surface area contributed by atoms with Gasteiger partial charge in [-0.3, -0.25) is 0 Å². The normalized spacial score (nSPS) is 10.7. The minimum absolute atomic E-state index is 0.0413. The monoisotopic (exact) mass is 408 g/mol. The molecule has 0 rings (SSSR count). The Morgan fingerprint density at radius 2 is 0.714 bits per heavy atom. The molecule has 0 aromatic rings. The minimum atomic E-state index is 0.0413. The third-order valence-electron chi connectivity index (χ3n) is 4.00. The van der Waals surface area contributed by atoms with Crippen LogP contribution >= 0.6 is 0 Å². The number of ether oxygens (including phenoxy) is 4. The van der Waals surface area contributed by atoms with Crippen LogP contribution in [0.4, 0.5) is 0 Å². The highest BCUT2D eigenvalue weighted by atomic mass is 16.5. The first-order valence-electron chi connectivity index (χ1n) is 11.4. The van der Waals surface area contributed by atoms with Crippen molar-refractivity contribution >= 4 is 0 Å². The molecule has 28 heavy (non-hydrogen) atoms. The van der Waals surface area contributed by atoms with Crippen LogP contribution < -0.4 is 0 Å². The van der Waals surface area contributed by atoms with Gasteiger partial charge in [0, 0.05) is 13.2 Å². The quantitative estimate of drug-likeness (QED) is 0.264. The summed E-state index contributed by atoms with van der Waals surface area (Å²) >= 11 is 0. The van der Waals surface area contributed by atoms with Crippen LogP contribution in [0.25, 0.3) is 0 Å². The second kappa shape index (κ2) is 31.5. The van der Waals surface area contributed by atoms with E-state index in [1.807, 2.05) is 0 Å². The molecule has 6 heteroatoms. The molecule has 0 aromatic heterocycles. The van der Waals surface area contributed by atoms with Gasteiger partial charge in [-0.05, 0) is 12.8 Å². The van der Waals surface area contributed by atoms with Crippen molar-refractivity contribution in [3.63, 3.8) is 0 Å². The van der Waals surface area contributed by atoms with Crippen LogP contribution in [-0.2, 0) is 18.9 Å². The van der Waals surface area contributed by atoms with E-state index in [2.05, 4.69) is 13.8 Å². The van der Waals surface area contributed by atoms with Gasteiger partial charge >= 0.3 is 0 Å². The average Bonchev–Trinajstić information content (AvgIpc) is 2.71. The number of aliphatic hydroxyl groups is 2. The first-order chi connectivity index (χ1) is 13.8. The van der Waals surface area contributed by atoms with E-state index in [-0.39, 0.29) is 13.2 Å². The van der Waals surface area contributed by atoms with Crippen LogP contribution in [0.3, 0.4) is 0 Å². The average molecular weight is 409 g/mol. The highest BCUT2D eigenvalue weighted by Crippen LogP contribution is 2.05. The van der Waals surface area contributed by atoms with Crippen LogP contribution in [0.1, 0.15) is 78.1 Å². The van der Waals surface area contributed by atoms with Crippen molar-refractivity contribution in [2.75, 3.05) is 66.1 Å². The summed E-state index contributed by atoms with van der Waals surface area (Å²) in [4.78, 5) is 0. The number of rotatable bonds is 22. The van der Waals surface area contributed by atoms with E-state index in [1.165, 1.54) is 64.2 Å². The summed E-state index contributed by atoms with van der Waals surface area (Å²) in [6.45, 7) is 9.24. The molecule has 0 atom stereocenters. The molecule has 0 aliphatic carbocycles. The second-order valence-corrected chi connectivity index (χ2v) is 6.73. The first-order valence-corrected chi connectivity index (χ1v) is 11.4. The van der Waals surface area contributed by atoms with Gasteiger partial charge in [-0.15, -0.1) is 0 Å². The fourth-order valence-corrected chi connectivity index (χ4v) is 2.39. The maximum atomic E-state index is 8.36. The fraction of sp³-hybridized carbons (Fsp3) is 1.00. The summed E-state index contributed by atoms with van der Waals surface area (Å²) in [7, 11) is 0. The van der Waals surface area contributed by atoms with Crippen LogP contribution in [-0.4, -0.2) is 76.3 Å². The summed E-state index contributed by atoms with van der Waals surface area (Å²) in [6.07, 6.45) is 13.4. The van der Waals surface area contributed by atoms with E-state index < -0.39 is 0 Å². The van der Waals surface area contributed by atoms with Crippen LogP contribution in [0.5, 0.6) is 0 Å². The molecule has 0 saturated carbocycles. The van der Waals surface area contributed by atoms with E-state index in [1.54, 1.807) is 0 Å². The number of hydrogen-bond acceptors (Lipinski definition) is 6. The van der Waals surface area contributed by atoms with E-state index >= 15 is 0 Å². The van der Waals surface area contributed by atoms with E-state index in [9.17, 15) is 0 Å². The zero-order valence-corrected chi connectivity index (χ0v) is 18.7. The molecule has 0 fully saturated rings. The van der Waals surface area contributed by atoms with Crippen LogP contribution in [0.15, 0.2) is 0 Å². The molecular weight excluding hydrogens is 360 g/mol. The molecule has 2 N–H and O–H groups in total. The molecule has 172 valence electrons. The maximum Gasteiger partial charge on any atom is 0.0701 e. The summed E-state index contributed by atoms with van der Waals surface area (Å²) in [5, 5.41) is 16.7. The molecule has 0 radical (unpaired) electrons. The Labute approximate surface area is 173 Å². The number of hydrogen-bond donors (Lipinski definition) is 2. The standard InChI is InChI=1S/C14H30O.C8H18O5/c1-3-5-7-9-10-12-14-15-13-11-8-6-4-2;9-1-3-11-5-7-13-8-6-12-4-2-10/h3-14H2,1-2H3;9-10H,1-8H2. The molecule has 0 aliphatic heterocycles. The molecule has 6 nitrogen and oxygen atoms in total. The molecule has 0 aliphatic rings. The number of unbranched alkanes of at least 4 members (excludes halogenated alkanes) is 8. The predicted octanol–water partition coefficient (Wildman–Crippen LogP) is 3.96. The molecule has 0 heterocycles. The lowest BCUT2D eigenvalue weighted by atomic mass is 10.1. The summed E-state index contributed by atoms with van der Waals surface area (Å²) in [6, 6.07) is 0. The van der Waals surface area contributed by atoms with Crippen LogP contribution in [0, 0.1) is 0 Å². The third kappa shape index (κ3) is 33.4. The highest BCUT2D eigenvalue weighted by Gasteiger charge is 1.92. The maximum absolute atomic E-state index is 8.36. The molecule has 0 saturated heterocycles. The minimum Gasteiger partial charge on any atom is -0.394 e. The van der Waals surface area contributed by atoms with Crippen molar-refractivity contribution in [1.29, 1.82) is 0 Å². The van der Waals surface area contributed by atoms with Gasteiger partial charge in [-0.25, -0.2) is 0 Å². The zero-order chi connectivity index (χ0) is 21.0. The fourth-order valence-electron chi connectivity index (χ4n) is 2.39. The Hall–Kier alpha value is -0.240. The van der Waals surface area contributed by atoms with Crippen molar-refractivity contribution in [3.8, 4) is 0 Å². The number of aliphatic hydroxyl groups excluding tert-OH is 2. The molecule has 0 bridgehead atoms. The van der Waals surface area contributed by atoms with Gasteiger partial charge in [0.15, 0.2) is 0 Å². The van der Waals surface area contributed by atoms with E-state index in [0.29, 0.717) is 39.6 Å². The topological polar surface area (TPSA) is 77.4 Å². The Kier molecular flexibility index (Phi) is 33.7. The Balaban J connectivity index is 0. The lowest BCUT2D eigenvalue weighted by Gasteiger charge is -2.04. The third-order valence-corrected chi connectivity index (χ3v) is 4.00. The summed E-state index contributed by atoms with van der Waals surface area (Å²) in [5.74, 6) is 0. The Bertz CT molecular complexity index is 219. The van der Waals surface area contributed by atoms with Gasteiger partial charge < -0.3 is 29.2 Å². The van der Waals surface area contributed by atoms with E-state index in [4.69, 9.17) is 29.2 Å². The Morgan fingerprint density at radius 1 is 0.393 bits per heavy atom. The van der Waals surface area contributed by atoms with Crippen molar-refractivity contribution in [2.45, 2.75) is 78.1 Å². The lowest BCUT2D eigenvalue weighted by molar-refractivity contribution is 0.00230. The van der Waals surface area contributed by atoms with Gasteiger partial charge in [-0.2, -0.15) is 0 Å². The Morgan fingerprint density at radius 3 is 1.14 bits per heavy atom. The SMILES string of the molecule is CCCCCCCCOCCCCCC.OCCOCCOCCOCCO. The molecule has 0 amide bonds. The lowest BCUT2D eigenvalue weighted by Crippen LogP contribution is -2.11. The molecule has 0 aromatic carbocycles. The van der Waals surface area contributed by atoms with Crippen molar-refractivity contribution in [1.82, 2.24) is 0 Å². The largest absolute Gasteiger partial charge is 0.394 e. The van der Waals surface area contributed by atoms with Gasteiger partial charge in [0.25, 0.3) is 0 Å². The zero-order valence-electron chi connectivity index (χ0n) is 18.7. The first kappa shape index (κ1) is 30.0. The summed E-state index contributed by atoms with van der Waals surface area (Å²) in [5.41, 5.74) is 0. The van der Waals surface area contributed by atoms with Gasteiger partial charge in [0.05, 0.1) is 52.9 Å². The van der Waals surface area contributed by atoms with Crippen molar-refractivity contribution < 1.29 is 29.2 Å². The van der Waals surface area contributed by atoms with Gasteiger partial charge in [-0.1, -0.05) is 65.2 Å². The molecular formula is C22H48O6. The second-order valence-electron chi connectivity index (χ2n) is 6.73. The molecule has 0 unspecified atom stereocenters. The van der Waals surface area contributed by atoms with Gasteiger partial charge in [0.2, 0.25) is 0 Å². The molecule has 0 spiro atoms.